The quantitative estimate of drug-likeness (QED) is 0.794. The molecule has 0 spiro atoms. The number of hydrogen-bond donors (Lipinski definition) is 1. The summed E-state index contributed by atoms with van der Waals surface area (Å²) < 4.78 is 3.55. The zero-order chi connectivity index (χ0) is 13.8. The lowest BCUT2D eigenvalue weighted by molar-refractivity contribution is -0.113. The normalized spacial score (nSPS) is 10.5. The molecular formula is C11H10Br2N4OS. The molecule has 0 atom stereocenters. The van der Waals surface area contributed by atoms with Crippen molar-refractivity contribution in [3.8, 4) is 0 Å². The molecule has 0 saturated heterocycles. The third kappa shape index (κ3) is 4.05. The van der Waals surface area contributed by atoms with Gasteiger partial charge < -0.3 is 9.88 Å². The Morgan fingerprint density at radius 3 is 2.89 bits per heavy atom. The van der Waals surface area contributed by atoms with Gasteiger partial charge in [0.05, 0.1) is 11.4 Å². The highest BCUT2D eigenvalue weighted by atomic mass is 79.9. The van der Waals surface area contributed by atoms with Gasteiger partial charge in [0.15, 0.2) is 5.16 Å². The molecule has 0 aliphatic rings. The average Bonchev–Trinajstić information content (AvgIpc) is 2.76. The largest absolute Gasteiger partial charge is 0.324 e. The summed E-state index contributed by atoms with van der Waals surface area (Å²) in [6, 6.07) is 5.58. The maximum Gasteiger partial charge on any atom is 0.234 e. The van der Waals surface area contributed by atoms with E-state index in [0.717, 1.165) is 14.6 Å². The number of carbonyl (C=O) groups excluding carboxylic acids is 1. The monoisotopic (exact) mass is 404 g/mol. The van der Waals surface area contributed by atoms with Crippen LogP contribution < -0.4 is 5.32 Å². The van der Waals surface area contributed by atoms with Crippen molar-refractivity contribution < 1.29 is 4.79 Å². The SMILES string of the molecule is Cn1cnnc1SCC(=O)Nc1ccc(Br)cc1Br. The number of carbonyl (C=O) groups is 1. The molecule has 1 aromatic carbocycles. The summed E-state index contributed by atoms with van der Waals surface area (Å²) in [7, 11) is 1.84. The smallest absolute Gasteiger partial charge is 0.234 e. The number of anilines is 1. The Kier molecular flexibility index (Phi) is 5.00. The Bertz CT molecular complexity index is 602. The van der Waals surface area contributed by atoms with E-state index < -0.39 is 0 Å². The summed E-state index contributed by atoms with van der Waals surface area (Å²) in [6.45, 7) is 0. The second kappa shape index (κ2) is 6.53. The number of hydrogen-bond acceptors (Lipinski definition) is 4. The predicted molar refractivity (Wildman–Crippen MR) is 82.2 cm³/mol. The van der Waals surface area contributed by atoms with E-state index in [0.29, 0.717) is 5.16 Å². The molecule has 100 valence electrons. The number of thioether (sulfide) groups is 1. The molecule has 5 nitrogen and oxygen atoms in total. The highest BCUT2D eigenvalue weighted by Gasteiger charge is 2.09. The number of amides is 1. The molecule has 0 fully saturated rings. The van der Waals surface area contributed by atoms with Crippen molar-refractivity contribution in [1.82, 2.24) is 14.8 Å². The molecule has 1 amide bonds. The van der Waals surface area contributed by atoms with Crippen molar-refractivity contribution >= 4 is 55.2 Å². The Morgan fingerprint density at radius 2 is 2.26 bits per heavy atom. The lowest BCUT2D eigenvalue weighted by Gasteiger charge is -2.07. The molecule has 0 aliphatic carbocycles. The van der Waals surface area contributed by atoms with Gasteiger partial charge in [0.2, 0.25) is 5.91 Å². The molecule has 0 bridgehead atoms. The van der Waals surface area contributed by atoms with Crippen LogP contribution >= 0.6 is 43.6 Å². The fourth-order valence-electron chi connectivity index (χ4n) is 1.31. The van der Waals surface area contributed by atoms with Crippen LogP contribution in [-0.2, 0) is 11.8 Å². The van der Waals surface area contributed by atoms with Crippen LogP contribution in [-0.4, -0.2) is 26.4 Å². The minimum Gasteiger partial charge on any atom is -0.324 e. The fraction of sp³-hybridized carbons (Fsp3) is 0.182. The van der Waals surface area contributed by atoms with Gasteiger partial charge in [-0.15, -0.1) is 10.2 Å². The molecule has 0 unspecified atom stereocenters. The van der Waals surface area contributed by atoms with Crippen molar-refractivity contribution in [2.24, 2.45) is 7.05 Å². The second-order valence-electron chi connectivity index (χ2n) is 3.69. The summed E-state index contributed by atoms with van der Waals surface area (Å²) in [4.78, 5) is 11.8. The van der Waals surface area contributed by atoms with E-state index in [1.807, 2.05) is 25.2 Å². The molecule has 2 rings (SSSR count). The first kappa shape index (κ1) is 14.5. The maximum atomic E-state index is 11.8. The number of aromatic nitrogens is 3. The van der Waals surface area contributed by atoms with E-state index in [2.05, 4.69) is 47.4 Å². The van der Waals surface area contributed by atoms with Gasteiger partial charge in [0, 0.05) is 16.0 Å². The highest BCUT2D eigenvalue weighted by molar-refractivity contribution is 9.11. The topological polar surface area (TPSA) is 59.8 Å². The number of halogens is 2. The summed E-state index contributed by atoms with van der Waals surface area (Å²) >= 11 is 8.10. The Balaban J connectivity index is 1.93. The van der Waals surface area contributed by atoms with Crippen molar-refractivity contribution in [2.45, 2.75) is 5.16 Å². The van der Waals surface area contributed by atoms with Gasteiger partial charge in [0.25, 0.3) is 0 Å². The molecule has 2 aromatic rings. The first-order chi connectivity index (χ1) is 9.06. The summed E-state index contributed by atoms with van der Waals surface area (Å²) in [5, 5.41) is 11.2. The van der Waals surface area contributed by atoms with Crippen LogP contribution in [0.4, 0.5) is 5.69 Å². The Morgan fingerprint density at radius 1 is 1.47 bits per heavy atom. The van der Waals surface area contributed by atoms with E-state index in [1.54, 1.807) is 10.9 Å². The zero-order valence-electron chi connectivity index (χ0n) is 9.93. The number of rotatable bonds is 4. The van der Waals surface area contributed by atoms with Crippen LogP contribution in [0.25, 0.3) is 0 Å². The zero-order valence-corrected chi connectivity index (χ0v) is 13.9. The number of benzene rings is 1. The van der Waals surface area contributed by atoms with Crippen molar-refractivity contribution in [3.05, 3.63) is 33.5 Å². The molecule has 1 N–H and O–H groups in total. The van der Waals surface area contributed by atoms with Gasteiger partial charge in [-0.05, 0) is 34.1 Å². The first-order valence-electron chi connectivity index (χ1n) is 5.28. The van der Waals surface area contributed by atoms with Crippen LogP contribution in [0.5, 0.6) is 0 Å². The van der Waals surface area contributed by atoms with E-state index >= 15 is 0 Å². The van der Waals surface area contributed by atoms with Gasteiger partial charge in [-0.1, -0.05) is 27.7 Å². The van der Waals surface area contributed by atoms with Gasteiger partial charge in [0.1, 0.15) is 6.33 Å². The molecule has 0 aliphatic heterocycles. The fourth-order valence-corrected chi connectivity index (χ4v) is 3.14. The van der Waals surface area contributed by atoms with Crippen molar-refractivity contribution in [1.29, 1.82) is 0 Å². The van der Waals surface area contributed by atoms with Crippen LogP contribution in [0.15, 0.2) is 38.6 Å². The van der Waals surface area contributed by atoms with Crippen molar-refractivity contribution in [3.63, 3.8) is 0 Å². The van der Waals surface area contributed by atoms with E-state index in [-0.39, 0.29) is 11.7 Å². The molecule has 0 radical (unpaired) electrons. The lowest BCUT2D eigenvalue weighted by Crippen LogP contribution is -2.14. The number of nitrogens with zero attached hydrogens (tertiary/aromatic N) is 3. The predicted octanol–water partition coefficient (Wildman–Crippen LogP) is 3.07. The molecule has 0 saturated carbocycles. The third-order valence-electron chi connectivity index (χ3n) is 2.21. The third-order valence-corrected chi connectivity index (χ3v) is 4.39. The summed E-state index contributed by atoms with van der Waals surface area (Å²) in [5.74, 6) is 0.200. The first-order valence-corrected chi connectivity index (χ1v) is 7.85. The van der Waals surface area contributed by atoms with E-state index in [4.69, 9.17) is 0 Å². The van der Waals surface area contributed by atoms with Gasteiger partial charge in [-0.2, -0.15) is 0 Å². The summed E-state index contributed by atoms with van der Waals surface area (Å²) in [5.41, 5.74) is 0.742. The molecule has 8 heteroatoms. The van der Waals surface area contributed by atoms with E-state index in [1.165, 1.54) is 11.8 Å². The standard InChI is InChI=1S/C11H10Br2N4OS/c1-17-6-14-16-11(17)19-5-10(18)15-9-3-2-7(12)4-8(9)13/h2-4,6H,5H2,1H3,(H,15,18). The van der Waals surface area contributed by atoms with Crippen molar-refractivity contribution in [2.75, 3.05) is 11.1 Å². The van der Waals surface area contributed by atoms with Crippen LogP contribution in [0.2, 0.25) is 0 Å². The number of nitrogens with one attached hydrogen (secondary N) is 1. The highest BCUT2D eigenvalue weighted by Crippen LogP contribution is 2.26. The van der Waals surface area contributed by atoms with Crippen LogP contribution in [0.3, 0.4) is 0 Å². The van der Waals surface area contributed by atoms with E-state index in [9.17, 15) is 4.79 Å². The summed E-state index contributed by atoms with van der Waals surface area (Å²) in [6.07, 6.45) is 1.60. The molecule has 19 heavy (non-hydrogen) atoms. The minimum absolute atomic E-state index is 0.0870. The average molecular weight is 406 g/mol. The molecular weight excluding hydrogens is 396 g/mol. The number of aryl methyl sites for hydroxylation is 1. The lowest BCUT2D eigenvalue weighted by atomic mass is 10.3. The second-order valence-corrected chi connectivity index (χ2v) is 6.40. The van der Waals surface area contributed by atoms with Crippen LogP contribution in [0.1, 0.15) is 0 Å². The Labute approximate surface area is 131 Å². The minimum atomic E-state index is -0.0870. The Hall–Kier alpha value is -0.860. The molecule has 1 aromatic heterocycles. The van der Waals surface area contributed by atoms with Gasteiger partial charge in [-0.25, -0.2) is 0 Å². The molecule has 1 heterocycles. The van der Waals surface area contributed by atoms with Gasteiger partial charge in [-0.3, -0.25) is 4.79 Å². The maximum absolute atomic E-state index is 11.8. The van der Waals surface area contributed by atoms with Crippen LogP contribution in [0, 0.1) is 0 Å². The van der Waals surface area contributed by atoms with Gasteiger partial charge >= 0.3 is 0 Å².